The van der Waals surface area contributed by atoms with Crippen molar-refractivity contribution in [3.8, 4) is 11.5 Å². The summed E-state index contributed by atoms with van der Waals surface area (Å²) in [5, 5.41) is 3.76. The molecule has 1 fully saturated rings. The van der Waals surface area contributed by atoms with E-state index < -0.39 is 0 Å². The van der Waals surface area contributed by atoms with E-state index in [-0.39, 0.29) is 12.7 Å². The first-order valence-corrected chi connectivity index (χ1v) is 10.9. The number of hydrogen-bond donors (Lipinski definition) is 1. The Bertz CT molecular complexity index is 869. The highest BCUT2D eigenvalue weighted by Gasteiger charge is 2.23. The number of benzene rings is 1. The largest absolute Gasteiger partial charge is 0.454 e. The minimum absolute atomic E-state index is 0.0342. The molecule has 3 heterocycles. The monoisotopic (exact) mass is 414 g/mol. The number of thioether (sulfide) groups is 1. The summed E-state index contributed by atoms with van der Waals surface area (Å²) in [5.74, 6) is 4.01. The quantitative estimate of drug-likeness (QED) is 0.575. The van der Waals surface area contributed by atoms with Gasteiger partial charge in [0.15, 0.2) is 11.5 Å². The second kappa shape index (κ2) is 8.90. The third-order valence-electron chi connectivity index (χ3n) is 5.10. The highest BCUT2D eigenvalue weighted by Crippen LogP contribution is 2.32. The minimum Gasteiger partial charge on any atom is -0.454 e. The lowest BCUT2D eigenvalue weighted by atomic mass is 9.92. The highest BCUT2D eigenvalue weighted by molar-refractivity contribution is 7.99. The molecule has 1 aromatic carbocycles. The molecule has 2 atom stereocenters. The summed E-state index contributed by atoms with van der Waals surface area (Å²) in [4.78, 5) is 23.3. The van der Waals surface area contributed by atoms with Crippen LogP contribution in [0.5, 0.6) is 11.5 Å². The SMILES string of the molecule is C[C@@H]1C[C@H](C)CN(c2cc(SCC(=O)NCc3ccc4c(c3)OCO4)ncn2)C1. The molecule has 7 nitrogen and oxygen atoms in total. The van der Waals surface area contributed by atoms with E-state index in [1.165, 1.54) is 18.2 Å². The summed E-state index contributed by atoms with van der Waals surface area (Å²) in [6.45, 7) is 7.30. The first-order chi connectivity index (χ1) is 14.1. The normalized spacial score (nSPS) is 20.6. The van der Waals surface area contributed by atoms with Gasteiger partial charge in [-0.05, 0) is 36.0 Å². The lowest BCUT2D eigenvalue weighted by molar-refractivity contribution is -0.118. The zero-order valence-corrected chi connectivity index (χ0v) is 17.6. The number of carbonyl (C=O) groups excluding carboxylic acids is 1. The van der Waals surface area contributed by atoms with Gasteiger partial charge in [-0.1, -0.05) is 31.7 Å². The summed E-state index contributed by atoms with van der Waals surface area (Å²) >= 11 is 1.43. The number of aromatic nitrogens is 2. The van der Waals surface area contributed by atoms with Gasteiger partial charge in [0.05, 0.1) is 5.75 Å². The van der Waals surface area contributed by atoms with E-state index in [0.717, 1.165) is 41.0 Å². The highest BCUT2D eigenvalue weighted by atomic mass is 32.2. The first kappa shape index (κ1) is 19.8. The van der Waals surface area contributed by atoms with E-state index in [1.54, 1.807) is 6.33 Å². The van der Waals surface area contributed by atoms with E-state index in [9.17, 15) is 4.79 Å². The molecule has 4 rings (SSSR count). The van der Waals surface area contributed by atoms with Crippen LogP contribution in [-0.2, 0) is 11.3 Å². The van der Waals surface area contributed by atoms with Crippen LogP contribution in [0.4, 0.5) is 5.82 Å². The molecule has 0 aliphatic carbocycles. The molecule has 29 heavy (non-hydrogen) atoms. The van der Waals surface area contributed by atoms with Crippen molar-refractivity contribution in [1.29, 1.82) is 0 Å². The predicted molar refractivity (Wildman–Crippen MR) is 112 cm³/mol. The fourth-order valence-electron chi connectivity index (χ4n) is 3.87. The molecule has 0 radical (unpaired) electrons. The molecule has 1 aromatic heterocycles. The Hall–Kier alpha value is -2.48. The van der Waals surface area contributed by atoms with Crippen LogP contribution in [0.15, 0.2) is 35.6 Å². The van der Waals surface area contributed by atoms with E-state index in [1.807, 2.05) is 24.3 Å². The molecular weight excluding hydrogens is 388 g/mol. The van der Waals surface area contributed by atoms with Crippen LogP contribution >= 0.6 is 11.8 Å². The topological polar surface area (TPSA) is 76.6 Å². The lowest BCUT2D eigenvalue weighted by Gasteiger charge is -2.35. The molecule has 8 heteroatoms. The Morgan fingerprint density at radius 1 is 1.17 bits per heavy atom. The third kappa shape index (κ3) is 5.12. The molecular formula is C21H26N4O3S. The summed E-state index contributed by atoms with van der Waals surface area (Å²) in [5.41, 5.74) is 0.977. The van der Waals surface area contributed by atoms with Gasteiger partial charge in [0.2, 0.25) is 12.7 Å². The molecule has 2 aliphatic heterocycles. The van der Waals surface area contributed by atoms with E-state index in [0.29, 0.717) is 24.1 Å². The summed E-state index contributed by atoms with van der Waals surface area (Å²) in [6.07, 6.45) is 2.85. The fourth-order valence-corrected chi connectivity index (χ4v) is 4.57. The van der Waals surface area contributed by atoms with Crippen molar-refractivity contribution >= 4 is 23.5 Å². The number of amides is 1. The smallest absolute Gasteiger partial charge is 0.231 e. The predicted octanol–water partition coefficient (Wildman–Crippen LogP) is 3.10. The van der Waals surface area contributed by atoms with E-state index >= 15 is 0 Å². The van der Waals surface area contributed by atoms with Crippen molar-refractivity contribution in [2.24, 2.45) is 11.8 Å². The Labute approximate surface area is 175 Å². The van der Waals surface area contributed by atoms with Crippen molar-refractivity contribution in [2.45, 2.75) is 31.8 Å². The average Bonchev–Trinajstić information content (AvgIpc) is 3.18. The molecule has 2 aliphatic rings. The van der Waals surface area contributed by atoms with Crippen molar-refractivity contribution in [3.05, 3.63) is 36.2 Å². The Morgan fingerprint density at radius 2 is 1.97 bits per heavy atom. The molecule has 2 aromatic rings. The molecule has 154 valence electrons. The molecule has 0 spiro atoms. The zero-order valence-electron chi connectivity index (χ0n) is 16.8. The lowest BCUT2D eigenvalue weighted by Crippen LogP contribution is -2.39. The number of anilines is 1. The number of nitrogens with one attached hydrogen (secondary N) is 1. The van der Waals surface area contributed by atoms with Crippen LogP contribution < -0.4 is 19.7 Å². The number of hydrogen-bond acceptors (Lipinski definition) is 7. The van der Waals surface area contributed by atoms with E-state index in [4.69, 9.17) is 9.47 Å². The van der Waals surface area contributed by atoms with Crippen LogP contribution in [0, 0.1) is 11.8 Å². The van der Waals surface area contributed by atoms with Gasteiger partial charge in [-0.25, -0.2) is 9.97 Å². The Kier molecular flexibility index (Phi) is 6.08. The summed E-state index contributed by atoms with van der Waals surface area (Å²) in [7, 11) is 0. The molecule has 1 N–H and O–H groups in total. The van der Waals surface area contributed by atoms with Gasteiger partial charge in [0, 0.05) is 25.7 Å². The summed E-state index contributed by atoms with van der Waals surface area (Å²) in [6, 6.07) is 7.68. The van der Waals surface area contributed by atoms with Gasteiger partial charge in [-0.2, -0.15) is 0 Å². The van der Waals surface area contributed by atoms with Crippen molar-refractivity contribution in [3.63, 3.8) is 0 Å². The zero-order chi connectivity index (χ0) is 20.2. The number of nitrogens with zero attached hydrogens (tertiary/aromatic N) is 3. The molecule has 0 saturated carbocycles. The number of ether oxygens (including phenoxy) is 2. The first-order valence-electron chi connectivity index (χ1n) is 9.92. The van der Waals surface area contributed by atoms with E-state index in [2.05, 4.69) is 34.0 Å². The van der Waals surface area contributed by atoms with Gasteiger partial charge < -0.3 is 19.7 Å². The second-order valence-electron chi connectivity index (χ2n) is 7.82. The van der Waals surface area contributed by atoms with Gasteiger partial charge in [0.25, 0.3) is 0 Å². The average molecular weight is 415 g/mol. The van der Waals surface area contributed by atoms with Gasteiger partial charge >= 0.3 is 0 Å². The third-order valence-corrected chi connectivity index (χ3v) is 6.02. The van der Waals surface area contributed by atoms with Gasteiger partial charge in [-0.3, -0.25) is 4.79 Å². The fraction of sp³-hybridized carbons (Fsp3) is 0.476. The second-order valence-corrected chi connectivity index (χ2v) is 8.81. The van der Waals surface area contributed by atoms with Crippen molar-refractivity contribution in [1.82, 2.24) is 15.3 Å². The number of piperidine rings is 1. The van der Waals surface area contributed by atoms with Crippen LogP contribution in [0.3, 0.4) is 0 Å². The van der Waals surface area contributed by atoms with Crippen LogP contribution in [0.2, 0.25) is 0 Å². The summed E-state index contributed by atoms with van der Waals surface area (Å²) < 4.78 is 10.7. The van der Waals surface area contributed by atoms with Gasteiger partial charge in [-0.15, -0.1) is 0 Å². The minimum atomic E-state index is -0.0342. The van der Waals surface area contributed by atoms with Crippen LogP contribution in [0.1, 0.15) is 25.8 Å². The van der Waals surface area contributed by atoms with Gasteiger partial charge in [0.1, 0.15) is 17.2 Å². The maximum absolute atomic E-state index is 12.3. The number of rotatable bonds is 6. The van der Waals surface area contributed by atoms with Crippen molar-refractivity contribution < 1.29 is 14.3 Å². The maximum Gasteiger partial charge on any atom is 0.231 e. The van der Waals surface area contributed by atoms with Crippen molar-refractivity contribution in [2.75, 3.05) is 30.5 Å². The van der Waals surface area contributed by atoms with Crippen LogP contribution in [0.25, 0.3) is 0 Å². The molecule has 0 unspecified atom stereocenters. The van der Waals surface area contributed by atoms with Crippen LogP contribution in [-0.4, -0.2) is 41.5 Å². The number of fused-ring (bicyclic) bond motifs is 1. The Morgan fingerprint density at radius 3 is 2.79 bits per heavy atom. The maximum atomic E-state index is 12.3. The molecule has 0 bridgehead atoms. The number of carbonyl (C=O) groups is 1. The Balaban J connectivity index is 1.28. The molecule has 1 saturated heterocycles. The molecule has 1 amide bonds. The standard InChI is InChI=1S/C21H26N4O3S/c1-14-5-15(2)10-25(9-14)19-7-21(24-12-23-19)29-11-20(26)22-8-16-3-4-17-18(6-16)28-13-27-17/h3-4,6-7,12,14-15H,5,8-11,13H2,1-2H3,(H,22,26)/t14-,15+.